The number of nitrogens with zero attached hydrogens (tertiary/aromatic N) is 3. The molecule has 140 valence electrons. The number of nitro benzene ring substituents is 1. The van der Waals surface area contributed by atoms with Crippen molar-refractivity contribution in [3.05, 3.63) is 66.9 Å². The molecule has 0 radical (unpaired) electrons. The number of non-ortho nitro benzene ring substituents is 1. The zero-order valence-electron chi connectivity index (χ0n) is 14.0. The number of amides is 1. The highest BCUT2D eigenvalue weighted by molar-refractivity contribution is 7.16. The fourth-order valence-electron chi connectivity index (χ4n) is 2.46. The smallest absolute Gasteiger partial charge is 0.279 e. The second-order valence-electron chi connectivity index (χ2n) is 5.46. The van der Waals surface area contributed by atoms with Gasteiger partial charge in [-0.25, -0.2) is 0 Å². The molecule has 0 saturated heterocycles. The number of halogens is 2. The topological polar surface area (TPSA) is 86.7 Å². The molecule has 1 amide bonds. The number of rotatable bonds is 5. The number of benzene rings is 2. The molecule has 0 bridgehead atoms. The third-order valence-corrected chi connectivity index (χ3v) is 5.61. The Kier molecular flexibility index (Phi) is 5.91. The lowest BCUT2D eigenvalue weighted by Crippen LogP contribution is -2.19. The number of hydrogen-bond acceptors (Lipinski definition) is 5. The SMILES string of the molecule is COCCn1c(=NC(=O)c2ccc([N+](=O)[O-])cc2)sc2ccc(Cl)c(Cl)c21. The molecule has 1 heterocycles. The van der Waals surface area contributed by atoms with Gasteiger partial charge in [0.2, 0.25) is 0 Å². The van der Waals surface area contributed by atoms with Gasteiger partial charge in [-0.1, -0.05) is 34.5 Å². The molecule has 0 aliphatic heterocycles. The van der Waals surface area contributed by atoms with Crippen molar-refractivity contribution >= 4 is 56.3 Å². The van der Waals surface area contributed by atoms with Crippen molar-refractivity contribution in [2.75, 3.05) is 13.7 Å². The monoisotopic (exact) mass is 425 g/mol. The van der Waals surface area contributed by atoms with E-state index in [0.29, 0.717) is 33.5 Å². The van der Waals surface area contributed by atoms with Gasteiger partial charge in [0, 0.05) is 31.4 Å². The maximum atomic E-state index is 12.5. The summed E-state index contributed by atoms with van der Waals surface area (Å²) in [7, 11) is 1.57. The van der Waals surface area contributed by atoms with E-state index < -0.39 is 10.8 Å². The molecule has 0 aliphatic rings. The Bertz CT molecular complexity index is 1090. The molecule has 2 aromatic carbocycles. The summed E-state index contributed by atoms with van der Waals surface area (Å²) in [6, 6.07) is 8.78. The first kappa shape index (κ1) is 19.5. The maximum absolute atomic E-state index is 12.5. The van der Waals surface area contributed by atoms with Crippen molar-refractivity contribution in [1.82, 2.24) is 4.57 Å². The third-order valence-electron chi connectivity index (χ3n) is 3.78. The predicted octanol–water partition coefficient (Wildman–Crippen LogP) is 4.31. The Balaban J connectivity index is 2.10. The Morgan fingerprint density at radius 3 is 2.59 bits per heavy atom. The lowest BCUT2D eigenvalue weighted by Gasteiger charge is -2.06. The van der Waals surface area contributed by atoms with Crippen molar-refractivity contribution < 1.29 is 14.5 Å². The number of ether oxygens (including phenoxy) is 1. The van der Waals surface area contributed by atoms with Gasteiger partial charge < -0.3 is 9.30 Å². The molecule has 0 atom stereocenters. The van der Waals surface area contributed by atoms with E-state index in [0.717, 1.165) is 4.70 Å². The highest BCUT2D eigenvalue weighted by Gasteiger charge is 2.14. The summed E-state index contributed by atoms with van der Waals surface area (Å²) >= 11 is 13.8. The highest BCUT2D eigenvalue weighted by Crippen LogP contribution is 2.32. The van der Waals surface area contributed by atoms with Crippen molar-refractivity contribution in [2.24, 2.45) is 4.99 Å². The number of nitro groups is 1. The molecule has 0 fully saturated rings. The van der Waals surface area contributed by atoms with Crippen LogP contribution in [0.3, 0.4) is 0 Å². The molecule has 3 rings (SSSR count). The van der Waals surface area contributed by atoms with E-state index in [9.17, 15) is 14.9 Å². The van der Waals surface area contributed by atoms with Crippen LogP contribution in [0.25, 0.3) is 10.2 Å². The quantitative estimate of drug-likeness (QED) is 0.450. The molecule has 0 N–H and O–H groups in total. The molecule has 3 aromatic rings. The van der Waals surface area contributed by atoms with Gasteiger partial charge in [0.05, 0.1) is 31.8 Å². The Hall–Kier alpha value is -2.26. The lowest BCUT2D eigenvalue weighted by atomic mass is 10.2. The van der Waals surface area contributed by atoms with Crippen LogP contribution in [0.2, 0.25) is 10.0 Å². The van der Waals surface area contributed by atoms with Gasteiger partial charge in [0.1, 0.15) is 0 Å². The minimum absolute atomic E-state index is 0.0926. The molecule has 0 unspecified atom stereocenters. The maximum Gasteiger partial charge on any atom is 0.279 e. The van der Waals surface area contributed by atoms with Gasteiger partial charge in [-0.2, -0.15) is 4.99 Å². The second-order valence-corrected chi connectivity index (χ2v) is 7.25. The molecule has 10 heteroatoms. The number of hydrogen-bond donors (Lipinski definition) is 0. The van der Waals surface area contributed by atoms with Gasteiger partial charge >= 0.3 is 0 Å². The molecule has 27 heavy (non-hydrogen) atoms. The summed E-state index contributed by atoms with van der Waals surface area (Å²) in [5, 5.41) is 11.5. The van der Waals surface area contributed by atoms with E-state index >= 15 is 0 Å². The van der Waals surface area contributed by atoms with E-state index in [1.807, 2.05) is 6.07 Å². The first-order chi connectivity index (χ1) is 12.9. The number of methoxy groups -OCH3 is 1. The van der Waals surface area contributed by atoms with Crippen molar-refractivity contribution in [1.29, 1.82) is 0 Å². The average Bonchev–Trinajstić information content (AvgIpc) is 3.00. The minimum atomic E-state index is -0.526. The number of carbonyl (C=O) groups is 1. The lowest BCUT2D eigenvalue weighted by molar-refractivity contribution is -0.384. The van der Waals surface area contributed by atoms with Gasteiger partial charge in [-0.15, -0.1) is 0 Å². The van der Waals surface area contributed by atoms with E-state index in [1.54, 1.807) is 17.7 Å². The van der Waals surface area contributed by atoms with Crippen LogP contribution in [-0.2, 0) is 11.3 Å². The zero-order chi connectivity index (χ0) is 19.6. The first-order valence-corrected chi connectivity index (χ1v) is 9.29. The second kappa shape index (κ2) is 8.18. The van der Waals surface area contributed by atoms with Crippen LogP contribution in [0.4, 0.5) is 5.69 Å². The van der Waals surface area contributed by atoms with Crippen LogP contribution in [-0.4, -0.2) is 29.1 Å². The van der Waals surface area contributed by atoms with Gasteiger partial charge in [0.15, 0.2) is 4.80 Å². The molecule has 0 aliphatic carbocycles. The van der Waals surface area contributed by atoms with E-state index in [2.05, 4.69) is 4.99 Å². The first-order valence-electron chi connectivity index (χ1n) is 7.72. The van der Waals surface area contributed by atoms with Gasteiger partial charge in [-0.05, 0) is 24.3 Å². The highest BCUT2D eigenvalue weighted by atomic mass is 35.5. The summed E-state index contributed by atoms with van der Waals surface area (Å²) in [6.07, 6.45) is 0. The van der Waals surface area contributed by atoms with Crippen molar-refractivity contribution in [2.45, 2.75) is 6.54 Å². The van der Waals surface area contributed by atoms with E-state index in [-0.39, 0.29) is 11.3 Å². The van der Waals surface area contributed by atoms with Crippen molar-refractivity contribution in [3.63, 3.8) is 0 Å². The fraction of sp³-hybridized carbons (Fsp3) is 0.176. The number of thiazole rings is 1. The zero-order valence-corrected chi connectivity index (χ0v) is 16.3. The number of fused-ring (bicyclic) bond motifs is 1. The van der Waals surface area contributed by atoms with E-state index in [1.165, 1.54) is 35.6 Å². The number of carbonyl (C=O) groups excluding carboxylic acids is 1. The summed E-state index contributed by atoms with van der Waals surface area (Å²) in [6.45, 7) is 0.830. The van der Waals surface area contributed by atoms with Gasteiger partial charge in [0.25, 0.3) is 11.6 Å². The largest absolute Gasteiger partial charge is 0.383 e. The number of aromatic nitrogens is 1. The Morgan fingerprint density at radius 1 is 1.26 bits per heavy atom. The molecular weight excluding hydrogens is 413 g/mol. The van der Waals surface area contributed by atoms with Crippen LogP contribution in [0.15, 0.2) is 41.4 Å². The predicted molar refractivity (Wildman–Crippen MR) is 105 cm³/mol. The average molecular weight is 426 g/mol. The summed E-state index contributed by atoms with van der Waals surface area (Å²) < 4.78 is 7.74. The van der Waals surface area contributed by atoms with Crippen LogP contribution in [0.5, 0.6) is 0 Å². The molecule has 1 aromatic heterocycles. The summed E-state index contributed by atoms with van der Waals surface area (Å²) in [5.41, 5.74) is 0.840. The Labute approximate surface area is 167 Å². The standard InChI is InChI=1S/C17H13Cl2N3O4S/c1-26-9-8-21-15-13(7-6-12(18)14(15)19)27-17(21)20-16(23)10-2-4-11(5-3-10)22(24)25/h2-7H,8-9H2,1H3. The third kappa shape index (κ3) is 4.03. The molecule has 0 spiro atoms. The fourth-order valence-corrected chi connectivity index (χ4v) is 3.99. The van der Waals surface area contributed by atoms with Crippen LogP contribution >= 0.6 is 34.5 Å². The molecular formula is C17H13Cl2N3O4S. The Morgan fingerprint density at radius 2 is 1.96 bits per heavy atom. The van der Waals surface area contributed by atoms with Crippen LogP contribution in [0.1, 0.15) is 10.4 Å². The summed E-state index contributed by atoms with van der Waals surface area (Å²) in [5.74, 6) is -0.509. The van der Waals surface area contributed by atoms with Crippen LogP contribution in [0, 0.1) is 10.1 Å². The van der Waals surface area contributed by atoms with Gasteiger partial charge in [-0.3, -0.25) is 14.9 Å². The van der Waals surface area contributed by atoms with Crippen molar-refractivity contribution in [3.8, 4) is 0 Å². The summed E-state index contributed by atoms with van der Waals surface area (Å²) in [4.78, 5) is 27.3. The minimum Gasteiger partial charge on any atom is -0.383 e. The van der Waals surface area contributed by atoms with Crippen LogP contribution < -0.4 is 4.80 Å². The molecule has 0 saturated carbocycles. The van der Waals surface area contributed by atoms with E-state index in [4.69, 9.17) is 27.9 Å². The molecule has 7 nitrogen and oxygen atoms in total. The normalized spacial score (nSPS) is 11.9.